The molecule has 0 bridgehead atoms. The first-order chi connectivity index (χ1) is 8.35. The second-order valence-corrected chi connectivity index (χ2v) is 15.4. The fourth-order valence-electron chi connectivity index (χ4n) is 0.920. The summed E-state index contributed by atoms with van der Waals surface area (Å²) < 4.78 is 1.54. The van der Waals surface area contributed by atoms with Crippen LogP contribution in [-0.4, -0.2) is 55.6 Å². The van der Waals surface area contributed by atoms with Crippen LogP contribution in [0.2, 0.25) is 17.3 Å². The van der Waals surface area contributed by atoms with E-state index in [1.807, 2.05) is 0 Å². The minimum Gasteiger partial charge on any atom is 4.00 e. The molecule has 1 rings (SSSR count). The number of allylic oxidation sites excluding steroid dienone is 4. The van der Waals surface area contributed by atoms with E-state index >= 15 is 0 Å². The van der Waals surface area contributed by atoms with E-state index < -0.39 is 13.3 Å². The molecule has 0 spiro atoms. The molecule has 0 N–H and O–H groups in total. The maximum atomic E-state index is 3.50. The predicted molar refractivity (Wildman–Crippen MR) is 89.5 cm³/mol. The third-order valence-corrected chi connectivity index (χ3v) is 5.61. The molecule has 0 aromatic heterocycles. The SMILES string of the molecule is C[N-]C.C[N-]C.C[N-]C.[CH3][Ge]([CH3])([CH3])[C]1=[C-]CC=C1.[Hf+4]. The van der Waals surface area contributed by atoms with E-state index in [1.165, 1.54) is 4.41 Å². The van der Waals surface area contributed by atoms with E-state index in [0.29, 0.717) is 0 Å². The molecule has 0 unspecified atom stereocenters. The normalized spacial score (nSPS) is 11.5. The molecule has 1 aliphatic carbocycles. The van der Waals surface area contributed by atoms with Gasteiger partial charge >= 0.3 is 85.4 Å². The Labute approximate surface area is 143 Å². The first-order valence-corrected chi connectivity index (χ1v) is 13.4. The number of hydrogen-bond donors (Lipinski definition) is 0. The third-order valence-electron chi connectivity index (χ3n) is 1.50. The van der Waals surface area contributed by atoms with Gasteiger partial charge in [-0.2, -0.15) is 42.3 Å². The van der Waals surface area contributed by atoms with Crippen molar-refractivity contribution in [2.45, 2.75) is 23.7 Å². The van der Waals surface area contributed by atoms with Gasteiger partial charge in [0.25, 0.3) is 0 Å². The Kier molecular flexibility index (Phi) is 31.1. The fraction of sp³-hybridized carbons (Fsp3) is 0.714. The molecule has 0 fully saturated rings. The molecule has 0 radical (unpaired) electrons. The molecule has 0 aromatic carbocycles. The van der Waals surface area contributed by atoms with Crippen LogP contribution in [0, 0.1) is 6.08 Å². The molecular formula is C14H31GeHfN3. The van der Waals surface area contributed by atoms with Crippen LogP contribution < -0.4 is 0 Å². The second-order valence-electron chi connectivity index (χ2n) is 4.79. The van der Waals surface area contributed by atoms with Crippen LogP contribution in [0.15, 0.2) is 16.6 Å². The fourth-order valence-corrected chi connectivity index (χ4v) is 3.54. The van der Waals surface area contributed by atoms with Crippen LogP contribution in [0.5, 0.6) is 0 Å². The number of rotatable bonds is 1. The maximum Gasteiger partial charge on any atom is 4.00 e. The van der Waals surface area contributed by atoms with Crippen LogP contribution in [0.1, 0.15) is 6.42 Å². The molecule has 0 saturated carbocycles. The van der Waals surface area contributed by atoms with Crippen molar-refractivity contribution >= 4 is 13.3 Å². The van der Waals surface area contributed by atoms with Crippen molar-refractivity contribution in [2.75, 3.05) is 42.3 Å². The van der Waals surface area contributed by atoms with Crippen molar-refractivity contribution in [3.8, 4) is 0 Å². The standard InChI is InChI=1S/C8H13Ge.3C2H6N.Hf/c1-9(2,3)8-6-4-5-7-8;3*1-3-2;/h4,6H,5H2,1-3H3;3*1-2H3;/q4*-1;+4. The molecule has 1 aliphatic rings. The summed E-state index contributed by atoms with van der Waals surface area (Å²) in [6.07, 6.45) is 8.89. The average Bonchev–Trinajstić information content (AvgIpc) is 2.72. The zero-order chi connectivity index (χ0) is 15.0. The minimum atomic E-state index is -1.46. The van der Waals surface area contributed by atoms with Gasteiger partial charge < -0.3 is 16.0 Å². The topological polar surface area (TPSA) is 42.3 Å². The quantitative estimate of drug-likeness (QED) is 0.385. The zero-order valence-corrected chi connectivity index (χ0v) is 19.9. The van der Waals surface area contributed by atoms with Crippen molar-refractivity contribution in [1.82, 2.24) is 0 Å². The molecule has 0 saturated heterocycles. The van der Waals surface area contributed by atoms with Crippen molar-refractivity contribution < 1.29 is 25.8 Å². The summed E-state index contributed by atoms with van der Waals surface area (Å²) in [4.78, 5) is 0. The van der Waals surface area contributed by atoms with Crippen LogP contribution in [0.3, 0.4) is 0 Å². The molecule has 0 atom stereocenters. The van der Waals surface area contributed by atoms with Crippen molar-refractivity contribution in [2.24, 2.45) is 0 Å². The first kappa shape index (κ1) is 28.0. The Morgan fingerprint density at radius 3 is 1.32 bits per heavy atom. The summed E-state index contributed by atoms with van der Waals surface area (Å²) in [6, 6.07) is 0. The molecule has 3 nitrogen and oxygen atoms in total. The number of nitrogens with zero attached hydrogens (tertiary/aromatic N) is 3. The predicted octanol–water partition coefficient (Wildman–Crippen LogP) is 4.41. The summed E-state index contributed by atoms with van der Waals surface area (Å²) in [5.41, 5.74) is 0. The smallest absolute Gasteiger partial charge is 4.00 e. The van der Waals surface area contributed by atoms with E-state index in [4.69, 9.17) is 0 Å². The molecule has 0 heterocycles. The van der Waals surface area contributed by atoms with Gasteiger partial charge in [0.2, 0.25) is 0 Å². The molecule has 19 heavy (non-hydrogen) atoms. The Morgan fingerprint density at radius 1 is 0.895 bits per heavy atom. The summed E-state index contributed by atoms with van der Waals surface area (Å²) >= 11 is -1.46. The van der Waals surface area contributed by atoms with Crippen molar-refractivity contribution in [3.05, 3.63) is 38.6 Å². The minimum absolute atomic E-state index is 0. The molecular weight excluding hydrogens is 461 g/mol. The summed E-state index contributed by atoms with van der Waals surface area (Å²) in [5, 5.41) is 10.5. The van der Waals surface area contributed by atoms with Gasteiger partial charge in [-0.15, -0.1) is 0 Å². The molecule has 0 amide bonds. The van der Waals surface area contributed by atoms with Crippen LogP contribution in [-0.2, 0) is 25.8 Å². The molecule has 5 heteroatoms. The Morgan fingerprint density at radius 2 is 1.21 bits per heavy atom. The van der Waals surface area contributed by atoms with E-state index in [0.717, 1.165) is 6.42 Å². The van der Waals surface area contributed by atoms with Gasteiger partial charge in [-0.3, -0.25) is 0 Å². The van der Waals surface area contributed by atoms with E-state index in [-0.39, 0.29) is 25.8 Å². The van der Waals surface area contributed by atoms with Crippen LogP contribution >= 0.6 is 0 Å². The Hall–Kier alpha value is 0.773. The summed E-state index contributed by atoms with van der Waals surface area (Å²) in [7, 11) is 10.5. The summed E-state index contributed by atoms with van der Waals surface area (Å²) in [5.74, 6) is 7.20. The summed E-state index contributed by atoms with van der Waals surface area (Å²) in [6.45, 7) is 0. The van der Waals surface area contributed by atoms with E-state index in [1.54, 1.807) is 42.3 Å². The van der Waals surface area contributed by atoms with Gasteiger partial charge in [-0.05, 0) is 0 Å². The molecule has 0 aromatic rings. The molecule has 0 aliphatic heterocycles. The van der Waals surface area contributed by atoms with Gasteiger partial charge in [-0.1, -0.05) is 0 Å². The number of hydrogen-bond acceptors (Lipinski definition) is 0. The van der Waals surface area contributed by atoms with Gasteiger partial charge in [0.05, 0.1) is 0 Å². The van der Waals surface area contributed by atoms with E-state index in [9.17, 15) is 0 Å². The van der Waals surface area contributed by atoms with E-state index in [2.05, 4.69) is 51.4 Å². The largest absolute Gasteiger partial charge is 4.00 e. The van der Waals surface area contributed by atoms with Gasteiger partial charge in [-0.25, -0.2) is 0 Å². The third kappa shape index (κ3) is 27.8. The van der Waals surface area contributed by atoms with Gasteiger partial charge in [0, 0.05) is 0 Å². The first-order valence-electron chi connectivity index (χ1n) is 6.07. The van der Waals surface area contributed by atoms with Crippen LogP contribution in [0.25, 0.3) is 16.0 Å². The maximum absolute atomic E-state index is 3.50. The van der Waals surface area contributed by atoms with Gasteiger partial charge in [0.15, 0.2) is 0 Å². The zero-order valence-electron chi connectivity index (χ0n) is 14.2. The molecule has 110 valence electrons. The van der Waals surface area contributed by atoms with Gasteiger partial charge in [0.1, 0.15) is 0 Å². The van der Waals surface area contributed by atoms with Crippen molar-refractivity contribution in [1.29, 1.82) is 0 Å². The Balaban J connectivity index is -0.0000000956. The van der Waals surface area contributed by atoms with Crippen LogP contribution in [0.4, 0.5) is 0 Å². The monoisotopic (exact) mass is 495 g/mol. The van der Waals surface area contributed by atoms with Crippen molar-refractivity contribution in [3.63, 3.8) is 0 Å². The Bertz CT molecular complexity index is 206. The second kappa shape index (κ2) is 21.1. The average molecular weight is 493 g/mol.